The lowest BCUT2D eigenvalue weighted by atomic mass is 10.1. The Hall–Kier alpha value is -1.58. The minimum absolute atomic E-state index is 0.684. The van der Waals surface area contributed by atoms with E-state index in [2.05, 4.69) is 24.4 Å². The van der Waals surface area contributed by atoms with Gasteiger partial charge in [-0.2, -0.15) is 0 Å². The summed E-state index contributed by atoms with van der Waals surface area (Å²) in [4.78, 5) is 2.03. The minimum atomic E-state index is 0.684. The van der Waals surface area contributed by atoms with Crippen molar-refractivity contribution in [3.8, 4) is 0 Å². The summed E-state index contributed by atoms with van der Waals surface area (Å²) in [5, 5.41) is 4.69. The van der Waals surface area contributed by atoms with E-state index in [0.717, 1.165) is 22.8 Å². The fraction of sp³-hybridized carbons (Fsp3) is 0.235. The Kier molecular flexibility index (Phi) is 5.21. The molecule has 0 aliphatic carbocycles. The van der Waals surface area contributed by atoms with E-state index < -0.39 is 0 Å². The Labute approximate surface area is 136 Å². The number of hydrogen-bond donors (Lipinski definition) is 1. The SMILES string of the molecule is Cc1ccccc1CN(C)C(=S)Nc1cccc(Cl)c1C. The van der Waals surface area contributed by atoms with Gasteiger partial charge < -0.3 is 10.2 Å². The monoisotopic (exact) mass is 318 g/mol. The van der Waals surface area contributed by atoms with Crippen molar-refractivity contribution in [2.75, 3.05) is 12.4 Å². The Balaban J connectivity index is 2.06. The third kappa shape index (κ3) is 3.96. The van der Waals surface area contributed by atoms with Crippen LogP contribution >= 0.6 is 23.8 Å². The summed E-state index contributed by atoms with van der Waals surface area (Å²) < 4.78 is 0. The molecule has 0 atom stereocenters. The number of thiocarbonyl (C=S) groups is 1. The van der Waals surface area contributed by atoms with Gasteiger partial charge in [0.2, 0.25) is 0 Å². The van der Waals surface area contributed by atoms with Crippen LogP contribution in [-0.2, 0) is 6.54 Å². The van der Waals surface area contributed by atoms with E-state index in [1.54, 1.807) is 0 Å². The molecule has 0 aromatic heterocycles. The maximum atomic E-state index is 6.13. The third-order valence-electron chi connectivity index (χ3n) is 3.52. The first-order valence-corrected chi connectivity index (χ1v) is 7.59. The van der Waals surface area contributed by atoms with Crippen molar-refractivity contribution >= 4 is 34.6 Å². The second-order valence-corrected chi connectivity index (χ2v) is 5.92. The largest absolute Gasteiger partial charge is 0.348 e. The number of halogens is 1. The zero-order chi connectivity index (χ0) is 15.4. The molecule has 21 heavy (non-hydrogen) atoms. The predicted molar refractivity (Wildman–Crippen MR) is 95.1 cm³/mol. The van der Waals surface area contributed by atoms with Crippen molar-refractivity contribution in [3.05, 3.63) is 64.2 Å². The van der Waals surface area contributed by atoms with Gasteiger partial charge in [-0.3, -0.25) is 0 Å². The van der Waals surface area contributed by atoms with Crippen LogP contribution in [0.1, 0.15) is 16.7 Å². The van der Waals surface area contributed by atoms with Crippen molar-refractivity contribution in [1.82, 2.24) is 4.90 Å². The highest BCUT2D eigenvalue weighted by Gasteiger charge is 2.09. The van der Waals surface area contributed by atoms with Gasteiger partial charge in [-0.1, -0.05) is 41.9 Å². The molecule has 0 amide bonds. The van der Waals surface area contributed by atoms with Crippen LogP contribution in [0.4, 0.5) is 5.69 Å². The van der Waals surface area contributed by atoms with Crippen LogP contribution in [0.5, 0.6) is 0 Å². The highest BCUT2D eigenvalue weighted by atomic mass is 35.5. The first-order valence-electron chi connectivity index (χ1n) is 6.81. The summed E-state index contributed by atoms with van der Waals surface area (Å²) in [5.74, 6) is 0. The van der Waals surface area contributed by atoms with E-state index in [1.165, 1.54) is 11.1 Å². The molecule has 0 unspecified atom stereocenters. The minimum Gasteiger partial charge on any atom is -0.348 e. The molecule has 2 aromatic rings. The number of nitrogens with zero attached hydrogens (tertiary/aromatic N) is 1. The first-order chi connectivity index (χ1) is 9.99. The zero-order valence-electron chi connectivity index (χ0n) is 12.5. The van der Waals surface area contributed by atoms with Crippen molar-refractivity contribution in [1.29, 1.82) is 0 Å². The average Bonchev–Trinajstić information content (AvgIpc) is 2.46. The van der Waals surface area contributed by atoms with E-state index in [0.29, 0.717) is 5.11 Å². The second kappa shape index (κ2) is 6.92. The molecule has 0 aliphatic rings. The Morgan fingerprint density at radius 3 is 2.57 bits per heavy atom. The van der Waals surface area contributed by atoms with Crippen LogP contribution < -0.4 is 5.32 Å². The maximum Gasteiger partial charge on any atom is 0.173 e. The average molecular weight is 319 g/mol. The molecule has 0 saturated heterocycles. The van der Waals surface area contributed by atoms with Gasteiger partial charge in [-0.05, 0) is 54.9 Å². The summed E-state index contributed by atoms with van der Waals surface area (Å²) >= 11 is 11.6. The van der Waals surface area contributed by atoms with Crippen LogP contribution in [-0.4, -0.2) is 17.1 Å². The number of hydrogen-bond acceptors (Lipinski definition) is 1. The Morgan fingerprint density at radius 2 is 1.86 bits per heavy atom. The quantitative estimate of drug-likeness (QED) is 0.819. The van der Waals surface area contributed by atoms with E-state index in [-0.39, 0.29) is 0 Å². The molecule has 2 nitrogen and oxygen atoms in total. The Morgan fingerprint density at radius 1 is 1.14 bits per heavy atom. The summed E-state index contributed by atoms with van der Waals surface area (Å²) in [6.45, 7) is 4.87. The van der Waals surface area contributed by atoms with Gasteiger partial charge in [0.15, 0.2) is 5.11 Å². The lowest BCUT2D eigenvalue weighted by Crippen LogP contribution is -2.31. The second-order valence-electron chi connectivity index (χ2n) is 5.13. The molecule has 0 saturated carbocycles. The van der Waals surface area contributed by atoms with Gasteiger partial charge >= 0.3 is 0 Å². The summed E-state index contributed by atoms with van der Waals surface area (Å²) in [6.07, 6.45) is 0. The topological polar surface area (TPSA) is 15.3 Å². The molecule has 1 N–H and O–H groups in total. The molecule has 0 bridgehead atoms. The van der Waals surface area contributed by atoms with Crippen molar-refractivity contribution in [2.24, 2.45) is 0 Å². The van der Waals surface area contributed by atoms with Gasteiger partial charge in [-0.15, -0.1) is 0 Å². The van der Waals surface area contributed by atoms with Gasteiger partial charge in [-0.25, -0.2) is 0 Å². The van der Waals surface area contributed by atoms with E-state index in [4.69, 9.17) is 23.8 Å². The smallest absolute Gasteiger partial charge is 0.173 e. The molecule has 2 aromatic carbocycles. The molecule has 0 spiro atoms. The molecule has 0 fully saturated rings. The fourth-order valence-electron chi connectivity index (χ4n) is 2.07. The van der Waals surface area contributed by atoms with Gasteiger partial charge in [0.25, 0.3) is 0 Å². The van der Waals surface area contributed by atoms with Crippen LogP contribution in [0, 0.1) is 13.8 Å². The third-order valence-corrected chi connectivity index (χ3v) is 4.35. The molecular formula is C17H19ClN2S. The molecule has 110 valence electrons. The molecule has 2 rings (SSSR count). The maximum absolute atomic E-state index is 6.13. The zero-order valence-corrected chi connectivity index (χ0v) is 14.1. The standard InChI is InChI=1S/C17H19ClN2S/c1-12-7-4-5-8-14(12)11-20(3)17(21)19-16-10-6-9-15(18)13(16)2/h4-10H,11H2,1-3H3,(H,19,21). The normalized spacial score (nSPS) is 10.3. The Bertz CT molecular complexity index is 655. The molecule has 0 heterocycles. The highest BCUT2D eigenvalue weighted by molar-refractivity contribution is 7.80. The number of rotatable bonds is 3. The van der Waals surface area contributed by atoms with Crippen LogP contribution in [0.3, 0.4) is 0 Å². The van der Waals surface area contributed by atoms with Crippen LogP contribution in [0.25, 0.3) is 0 Å². The highest BCUT2D eigenvalue weighted by Crippen LogP contribution is 2.23. The van der Waals surface area contributed by atoms with E-state index in [9.17, 15) is 0 Å². The van der Waals surface area contributed by atoms with Gasteiger partial charge in [0, 0.05) is 24.3 Å². The predicted octanol–water partition coefficient (Wildman–Crippen LogP) is 4.79. The lowest BCUT2D eigenvalue weighted by molar-refractivity contribution is 0.507. The summed E-state index contributed by atoms with van der Waals surface area (Å²) in [6, 6.07) is 14.1. The summed E-state index contributed by atoms with van der Waals surface area (Å²) in [7, 11) is 1.99. The van der Waals surface area contributed by atoms with E-state index >= 15 is 0 Å². The van der Waals surface area contributed by atoms with Crippen LogP contribution in [0.15, 0.2) is 42.5 Å². The lowest BCUT2D eigenvalue weighted by Gasteiger charge is -2.23. The van der Waals surface area contributed by atoms with Crippen molar-refractivity contribution in [3.63, 3.8) is 0 Å². The van der Waals surface area contributed by atoms with Crippen molar-refractivity contribution in [2.45, 2.75) is 20.4 Å². The number of nitrogens with one attached hydrogen (secondary N) is 1. The number of aryl methyl sites for hydroxylation is 1. The molecular weight excluding hydrogens is 300 g/mol. The fourth-order valence-corrected chi connectivity index (χ4v) is 2.42. The van der Waals surface area contributed by atoms with E-state index in [1.807, 2.05) is 49.2 Å². The van der Waals surface area contributed by atoms with Gasteiger partial charge in [0.05, 0.1) is 0 Å². The number of anilines is 1. The van der Waals surface area contributed by atoms with Gasteiger partial charge in [0.1, 0.15) is 0 Å². The van der Waals surface area contributed by atoms with Crippen molar-refractivity contribution < 1.29 is 0 Å². The molecule has 0 radical (unpaired) electrons. The molecule has 4 heteroatoms. The first kappa shape index (κ1) is 15.8. The number of benzene rings is 2. The molecule has 0 aliphatic heterocycles. The summed E-state index contributed by atoms with van der Waals surface area (Å²) in [5.41, 5.74) is 4.49. The van der Waals surface area contributed by atoms with Crippen LogP contribution in [0.2, 0.25) is 5.02 Å².